The standard InChI is InChI=1S/C48H38N2/c1-27-15-19-35-37(29-17-21-33-31-11-7-9-13-41(31)47(3,4)43(33)23-29)26-40-39(45(35)49-27)25-38(36-20-16-28(2)50-46(36)40)30-18-22-34-32-12-8-10-14-42(32)48(5,6)44(34)24-30/h7-26H,1-6H3. The second kappa shape index (κ2) is 9.98. The first-order valence-corrected chi connectivity index (χ1v) is 17.8. The summed E-state index contributed by atoms with van der Waals surface area (Å²) in [5.74, 6) is 0. The van der Waals surface area contributed by atoms with Gasteiger partial charge < -0.3 is 0 Å². The first-order chi connectivity index (χ1) is 24.1. The van der Waals surface area contributed by atoms with Crippen molar-refractivity contribution in [1.29, 1.82) is 0 Å². The highest BCUT2D eigenvalue weighted by atomic mass is 14.7. The summed E-state index contributed by atoms with van der Waals surface area (Å²) in [6.45, 7) is 13.6. The molecule has 0 spiro atoms. The van der Waals surface area contributed by atoms with Crippen LogP contribution in [-0.2, 0) is 10.8 Å². The third kappa shape index (κ3) is 3.91. The zero-order valence-electron chi connectivity index (χ0n) is 29.4. The van der Waals surface area contributed by atoms with E-state index in [-0.39, 0.29) is 10.8 Å². The van der Waals surface area contributed by atoms with Crippen LogP contribution in [-0.4, -0.2) is 9.97 Å². The molecule has 8 aromatic rings. The van der Waals surface area contributed by atoms with Gasteiger partial charge in [0.25, 0.3) is 0 Å². The number of aromatic nitrogens is 2. The summed E-state index contributed by atoms with van der Waals surface area (Å²) in [7, 11) is 0. The molecule has 2 aliphatic carbocycles. The molecule has 2 heterocycles. The number of fused-ring (bicyclic) bond motifs is 11. The molecule has 2 aromatic heterocycles. The SMILES string of the molecule is Cc1ccc2c(-c3ccc4c(c3)C(C)(C)c3ccccc3-4)cc3c(cc(-c4ccc5c(c4)C(C)(C)c4ccccc4-5)c4ccc(C)nc43)c2n1. The van der Waals surface area contributed by atoms with Gasteiger partial charge in [0.1, 0.15) is 0 Å². The van der Waals surface area contributed by atoms with Crippen molar-refractivity contribution in [1.82, 2.24) is 9.97 Å². The molecular weight excluding hydrogens is 605 g/mol. The smallest absolute Gasteiger partial charge is 0.0790 e. The molecule has 0 unspecified atom stereocenters. The van der Waals surface area contributed by atoms with Gasteiger partial charge in [0.15, 0.2) is 0 Å². The first-order valence-electron chi connectivity index (χ1n) is 17.8. The van der Waals surface area contributed by atoms with Crippen molar-refractivity contribution in [2.45, 2.75) is 52.4 Å². The minimum atomic E-state index is -0.0739. The molecule has 0 aliphatic heterocycles. The highest BCUT2D eigenvalue weighted by molar-refractivity contribution is 6.22. The number of rotatable bonds is 2. The molecule has 2 nitrogen and oxygen atoms in total. The van der Waals surface area contributed by atoms with Gasteiger partial charge in [-0.15, -0.1) is 0 Å². The van der Waals surface area contributed by atoms with E-state index in [0.717, 1.165) is 33.2 Å². The highest BCUT2D eigenvalue weighted by Crippen LogP contribution is 2.52. The molecular formula is C48H38N2. The van der Waals surface area contributed by atoms with Crippen molar-refractivity contribution in [3.8, 4) is 44.5 Å². The Morgan fingerprint density at radius 3 is 1.20 bits per heavy atom. The minimum absolute atomic E-state index is 0.0739. The maximum Gasteiger partial charge on any atom is 0.0790 e. The second-order valence-corrected chi connectivity index (χ2v) is 15.5. The molecule has 0 N–H and O–H groups in total. The maximum atomic E-state index is 5.27. The minimum Gasteiger partial charge on any atom is -0.252 e. The van der Waals surface area contributed by atoms with Crippen LogP contribution in [0.2, 0.25) is 0 Å². The van der Waals surface area contributed by atoms with Crippen LogP contribution in [0.1, 0.15) is 61.3 Å². The van der Waals surface area contributed by atoms with Crippen LogP contribution in [0.15, 0.2) is 121 Å². The highest BCUT2D eigenvalue weighted by Gasteiger charge is 2.36. The Hall–Kier alpha value is -5.60. The molecule has 6 aromatic carbocycles. The van der Waals surface area contributed by atoms with Crippen LogP contribution >= 0.6 is 0 Å². The summed E-state index contributed by atoms with van der Waals surface area (Å²) in [5, 5.41) is 4.62. The van der Waals surface area contributed by atoms with Crippen molar-refractivity contribution in [3.05, 3.63) is 155 Å². The van der Waals surface area contributed by atoms with Gasteiger partial charge in [0.05, 0.1) is 11.0 Å². The van der Waals surface area contributed by atoms with Gasteiger partial charge in [0.2, 0.25) is 0 Å². The fourth-order valence-corrected chi connectivity index (χ4v) is 9.17. The van der Waals surface area contributed by atoms with Crippen molar-refractivity contribution in [3.63, 3.8) is 0 Å². The molecule has 0 amide bonds. The lowest BCUT2D eigenvalue weighted by molar-refractivity contribution is 0.660. The van der Waals surface area contributed by atoms with E-state index in [9.17, 15) is 0 Å². The fourth-order valence-electron chi connectivity index (χ4n) is 9.17. The van der Waals surface area contributed by atoms with E-state index in [4.69, 9.17) is 9.97 Å². The number of nitrogens with zero attached hydrogens (tertiary/aromatic N) is 2. The Labute approximate surface area is 293 Å². The topological polar surface area (TPSA) is 25.8 Å². The predicted molar refractivity (Wildman–Crippen MR) is 210 cm³/mol. The monoisotopic (exact) mass is 642 g/mol. The van der Waals surface area contributed by atoms with Crippen LogP contribution in [0.5, 0.6) is 0 Å². The van der Waals surface area contributed by atoms with Gasteiger partial charge in [-0.1, -0.05) is 113 Å². The van der Waals surface area contributed by atoms with Gasteiger partial charge in [-0.05, 0) is 117 Å². The van der Waals surface area contributed by atoms with Gasteiger partial charge in [0, 0.05) is 43.8 Å². The number of pyridine rings is 2. The van der Waals surface area contributed by atoms with Gasteiger partial charge >= 0.3 is 0 Å². The first kappa shape index (κ1) is 29.3. The lowest BCUT2D eigenvalue weighted by Gasteiger charge is -2.23. The van der Waals surface area contributed by atoms with Gasteiger partial charge in [-0.2, -0.15) is 0 Å². The summed E-state index contributed by atoms with van der Waals surface area (Å²) >= 11 is 0. The van der Waals surface area contributed by atoms with E-state index < -0.39 is 0 Å². The van der Waals surface area contributed by atoms with Crippen LogP contribution in [0.4, 0.5) is 0 Å². The van der Waals surface area contributed by atoms with Crippen molar-refractivity contribution in [2.75, 3.05) is 0 Å². The summed E-state index contributed by atoms with van der Waals surface area (Å²) in [5.41, 5.74) is 19.7. The van der Waals surface area contributed by atoms with E-state index in [1.165, 1.54) is 77.5 Å². The summed E-state index contributed by atoms with van der Waals surface area (Å²) in [6.07, 6.45) is 0. The third-order valence-corrected chi connectivity index (χ3v) is 11.8. The molecule has 50 heavy (non-hydrogen) atoms. The van der Waals surface area contributed by atoms with E-state index in [1.54, 1.807) is 0 Å². The number of aryl methyl sites for hydroxylation is 2. The lowest BCUT2D eigenvalue weighted by Crippen LogP contribution is -2.14. The summed E-state index contributed by atoms with van der Waals surface area (Å²) < 4.78 is 0. The van der Waals surface area contributed by atoms with Gasteiger partial charge in [-0.25, -0.2) is 0 Å². The molecule has 0 bridgehead atoms. The van der Waals surface area contributed by atoms with Crippen LogP contribution < -0.4 is 0 Å². The molecule has 0 atom stereocenters. The van der Waals surface area contributed by atoms with E-state index in [2.05, 4.69) is 163 Å². The number of hydrogen-bond acceptors (Lipinski definition) is 2. The average Bonchev–Trinajstić information content (AvgIpc) is 3.50. The quantitative estimate of drug-likeness (QED) is 0.175. The Bertz CT molecular complexity index is 2590. The molecule has 2 heteroatoms. The van der Waals surface area contributed by atoms with Crippen LogP contribution in [0.25, 0.3) is 77.1 Å². The van der Waals surface area contributed by atoms with E-state index in [1.807, 2.05) is 0 Å². The molecule has 2 aliphatic rings. The zero-order chi connectivity index (χ0) is 34.1. The van der Waals surface area contributed by atoms with E-state index >= 15 is 0 Å². The van der Waals surface area contributed by atoms with Crippen LogP contribution in [0.3, 0.4) is 0 Å². The van der Waals surface area contributed by atoms with Crippen molar-refractivity contribution < 1.29 is 0 Å². The predicted octanol–water partition coefficient (Wildman–Crippen LogP) is 12.5. The largest absolute Gasteiger partial charge is 0.252 e. The molecule has 10 rings (SSSR count). The Morgan fingerprint density at radius 2 is 0.760 bits per heavy atom. The van der Waals surface area contributed by atoms with Crippen molar-refractivity contribution >= 4 is 32.6 Å². The molecule has 0 saturated carbocycles. The Kier molecular flexibility index (Phi) is 5.86. The summed E-state index contributed by atoms with van der Waals surface area (Å²) in [4.78, 5) is 10.5. The molecule has 0 radical (unpaired) electrons. The Balaban J connectivity index is 1.24. The normalized spacial score (nSPS) is 14.9. The van der Waals surface area contributed by atoms with Crippen LogP contribution in [0, 0.1) is 13.8 Å². The number of hydrogen-bond donors (Lipinski definition) is 0. The Morgan fingerprint density at radius 1 is 0.360 bits per heavy atom. The van der Waals surface area contributed by atoms with Crippen molar-refractivity contribution in [2.24, 2.45) is 0 Å². The average molecular weight is 643 g/mol. The molecule has 0 saturated heterocycles. The maximum absolute atomic E-state index is 5.27. The fraction of sp³-hybridized carbons (Fsp3) is 0.167. The zero-order valence-corrected chi connectivity index (χ0v) is 29.4. The molecule has 240 valence electrons. The third-order valence-electron chi connectivity index (χ3n) is 11.8. The molecule has 0 fully saturated rings. The summed E-state index contributed by atoms with van der Waals surface area (Å²) in [6, 6.07) is 45.4. The van der Waals surface area contributed by atoms with E-state index in [0.29, 0.717) is 0 Å². The lowest BCUT2D eigenvalue weighted by atomic mass is 9.81. The second-order valence-electron chi connectivity index (χ2n) is 15.5. The van der Waals surface area contributed by atoms with Gasteiger partial charge in [-0.3, -0.25) is 9.97 Å². The number of benzene rings is 6.